The molecular formula is C15H19N3S. The molecule has 1 aliphatic heterocycles. The minimum Gasteiger partial charge on any atom is -0.398 e. The van der Waals surface area contributed by atoms with E-state index in [1.807, 2.05) is 29.7 Å². The van der Waals surface area contributed by atoms with E-state index >= 15 is 0 Å². The fraction of sp³-hybridized carbons (Fsp3) is 0.400. The molecule has 1 unspecified atom stereocenters. The van der Waals surface area contributed by atoms with Gasteiger partial charge in [-0.3, -0.25) is 4.90 Å². The zero-order chi connectivity index (χ0) is 13.4. The highest BCUT2D eigenvalue weighted by atomic mass is 32.1. The second-order valence-electron chi connectivity index (χ2n) is 5.08. The molecule has 4 heteroatoms. The van der Waals surface area contributed by atoms with Crippen molar-refractivity contribution in [1.29, 1.82) is 0 Å². The molecule has 3 nitrogen and oxygen atoms in total. The van der Waals surface area contributed by atoms with Crippen molar-refractivity contribution in [2.75, 3.05) is 5.73 Å². The predicted octanol–water partition coefficient (Wildman–Crippen LogP) is 3.36. The summed E-state index contributed by atoms with van der Waals surface area (Å²) in [4.78, 5) is 8.37. The molecular weight excluding hydrogens is 254 g/mol. The van der Waals surface area contributed by atoms with Crippen LogP contribution in [-0.4, -0.2) is 9.88 Å². The van der Waals surface area contributed by atoms with Crippen LogP contribution in [0, 0.1) is 0 Å². The van der Waals surface area contributed by atoms with E-state index in [1.54, 1.807) is 0 Å². The van der Waals surface area contributed by atoms with Crippen LogP contribution in [0.1, 0.15) is 40.9 Å². The first kappa shape index (κ1) is 12.6. The van der Waals surface area contributed by atoms with Gasteiger partial charge in [-0.1, -0.05) is 19.1 Å². The number of rotatable bonds is 3. The standard InChI is InChI=1S/C15H19N3S/c1-3-12-7-17-15(19-12)10(2)18-8-11-5-4-6-14(16)13(11)9-18/h4-7,10H,3,8-9,16H2,1-2H3. The first-order valence-corrected chi connectivity index (χ1v) is 7.55. The van der Waals surface area contributed by atoms with Gasteiger partial charge in [0.2, 0.25) is 0 Å². The number of aryl methyl sites for hydroxylation is 1. The minimum absolute atomic E-state index is 0.358. The smallest absolute Gasteiger partial charge is 0.110 e. The number of nitrogen functional groups attached to an aromatic ring is 1. The molecule has 2 N–H and O–H groups in total. The number of fused-ring (bicyclic) bond motifs is 1. The van der Waals surface area contributed by atoms with E-state index in [1.165, 1.54) is 21.0 Å². The lowest BCUT2D eigenvalue weighted by atomic mass is 10.1. The third-order valence-corrected chi connectivity index (χ3v) is 5.18. The van der Waals surface area contributed by atoms with Gasteiger partial charge in [-0.15, -0.1) is 11.3 Å². The maximum Gasteiger partial charge on any atom is 0.110 e. The Morgan fingerprint density at radius 1 is 1.42 bits per heavy atom. The average molecular weight is 273 g/mol. The Kier molecular flexibility index (Phi) is 3.29. The number of anilines is 1. The highest BCUT2D eigenvalue weighted by Crippen LogP contribution is 2.34. The lowest BCUT2D eigenvalue weighted by Crippen LogP contribution is -2.20. The van der Waals surface area contributed by atoms with Gasteiger partial charge in [-0.05, 0) is 30.5 Å². The third kappa shape index (κ3) is 2.26. The van der Waals surface area contributed by atoms with Gasteiger partial charge in [0, 0.05) is 29.9 Å². The second-order valence-corrected chi connectivity index (χ2v) is 6.23. The number of aromatic nitrogens is 1. The molecule has 0 bridgehead atoms. The molecule has 1 aromatic heterocycles. The molecule has 1 aliphatic rings. The van der Waals surface area contributed by atoms with Gasteiger partial charge >= 0.3 is 0 Å². The van der Waals surface area contributed by atoms with E-state index in [4.69, 9.17) is 5.73 Å². The number of hydrogen-bond acceptors (Lipinski definition) is 4. The van der Waals surface area contributed by atoms with Crippen LogP contribution in [0.4, 0.5) is 5.69 Å². The first-order chi connectivity index (χ1) is 9.19. The highest BCUT2D eigenvalue weighted by Gasteiger charge is 2.26. The fourth-order valence-corrected chi connectivity index (χ4v) is 3.53. The van der Waals surface area contributed by atoms with Crippen LogP contribution in [0.15, 0.2) is 24.4 Å². The predicted molar refractivity (Wildman–Crippen MR) is 80.0 cm³/mol. The summed E-state index contributed by atoms with van der Waals surface area (Å²) in [5, 5.41) is 1.21. The number of thiazole rings is 1. The van der Waals surface area contributed by atoms with Crippen LogP contribution in [-0.2, 0) is 19.5 Å². The van der Waals surface area contributed by atoms with E-state index in [9.17, 15) is 0 Å². The topological polar surface area (TPSA) is 42.2 Å². The highest BCUT2D eigenvalue weighted by molar-refractivity contribution is 7.11. The van der Waals surface area contributed by atoms with Crippen LogP contribution in [0.5, 0.6) is 0 Å². The van der Waals surface area contributed by atoms with Crippen LogP contribution in [0.2, 0.25) is 0 Å². The summed E-state index contributed by atoms with van der Waals surface area (Å²) >= 11 is 1.83. The Balaban J connectivity index is 1.80. The van der Waals surface area contributed by atoms with Gasteiger partial charge in [0.05, 0.1) is 6.04 Å². The minimum atomic E-state index is 0.358. The summed E-state index contributed by atoms with van der Waals surface area (Å²) < 4.78 is 0. The van der Waals surface area contributed by atoms with Gasteiger partial charge in [0.15, 0.2) is 0 Å². The first-order valence-electron chi connectivity index (χ1n) is 6.74. The van der Waals surface area contributed by atoms with Crippen LogP contribution < -0.4 is 5.73 Å². The summed E-state index contributed by atoms with van der Waals surface area (Å²) in [7, 11) is 0. The lowest BCUT2D eigenvalue weighted by molar-refractivity contribution is 0.215. The molecule has 0 saturated heterocycles. The monoisotopic (exact) mass is 273 g/mol. The molecule has 0 radical (unpaired) electrons. The van der Waals surface area contributed by atoms with Crippen molar-refractivity contribution in [3.63, 3.8) is 0 Å². The molecule has 0 aliphatic carbocycles. The Morgan fingerprint density at radius 3 is 2.95 bits per heavy atom. The van der Waals surface area contributed by atoms with Gasteiger partial charge in [-0.2, -0.15) is 0 Å². The third-order valence-electron chi connectivity index (χ3n) is 3.87. The molecule has 0 saturated carbocycles. The molecule has 100 valence electrons. The van der Waals surface area contributed by atoms with Gasteiger partial charge in [-0.25, -0.2) is 4.98 Å². The van der Waals surface area contributed by atoms with Gasteiger partial charge in [0.1, 0.15) is 5.01 Å². The van der Waals surface area contributed by atoms with E-state index in [-0.39, 0.29) is 0 Å². The zero-order valence-electron chi connectivity index (χ0n) is 11.4. The van der Waals surface area contributed by atoms with Crippen molar-refractivity contribution in [2.45, 2.75) is 39.4 Å². The molecule has 0 spiro atoms. The normalized spacial score (nSPS) is 16.5. The van der Waals surface area contributed by atoms with Crippen LogP contribution in [0.25, 0.3) is 0 Å². The fourth-order valence-electron chi connectivity index (χ4n) is 2.58. The molecule has 2 aromatic rings. The Hall–Kier alpha value is -1.39. The average Bonchev–Trinajstić information content (AvgIpc) is 3.05. The number of benzene rings is 1. The molecule has 1 atom stereocenters. The van der Waals surface area contributed by atoms with Gasteiger partial charge in [0.25, 0.3) is 0 Å². The summed E-state index contributed by atoms with van der Waals surface area (Å²) in [6.45, 7) is 6.32. The largest absolute Gasteiger partial charge is 0.398 e. The second kappa shape index (κ2) is 4.94. The van der Waals surface area contributed by atoms with Crippen molar-refractivity contribution in [3.05, 3.63) is 45.4 Å². The molecule has 3 rings (SSSR count). The van der Waals surface area contributed by atoms with E-state index in [2.05, 4.69) is 29.8 Å². The van der Waals surface area contributed by atoms with Crippen molar-refractivity contribution >= 4 is 17.0 Å². The number of hydrogen-bond donors (Lipinski definition) is 1. The number of nitrogens with zero attached hydrogens (tertiary/aromatic N) is 2. The van der Waals surface area contributed by atoms with Crippen LogP contribution >= 0.6 is 11.3 Å². The zero-order valence-corrected chi connectivity index (χ0v) is 12.2. The SMILES string of the molecule is CCc1cnc(C(C)N2Cc3cccc(N)c3C2)s1. The van der Waals surface area contributed by atoms with Crippen molar-refractivity contribution in [1.82, 2.24) is 9.88 Å². The van der Waals surface area contributed by atoms with Crippen molar-refractivity contribution in [2.24, 2.45) is 0 Å². The molecule has 19 heavy (non-hydrogen) atoms. The number of nitrogens with two attached hydrogens (primary N) is 1. The molecule has 0 amide bonds. The van der Waals surface area contributed by atoms with Crippen LogP contribution in [0.3, 0.4) is 0 Å². The molecule has 2 heterocycles. The Labute approximate surface area is 118 Å². The summed E-state index contributed by atoms with van der Waals surface area (Å²) in [5.74, 6) is 0. The van der Waals surface area contributed by atoms with E-state index in [0.717, 1.165) is 25.2 Å². The van der Waals surface area contributed by atoms with Crippen molar-refractivity contribution in [3.8, 4) is 0 Å². The molecule has 1 aromatic carbocycles. The maximum absolute atomic E-state index is 6.06. The molecule has 0 fully saturated rings. The Morgan fingerprint density at radius 2 is 2.26 bits per heavy atom. The summed E-state index contributed by atoms with van der Waals surface area (Å²) in [6.07, 6.45) is 3.08. The summed E-state index contributed by atoms with van der Waals surface area (Å²) in [5.41, 5.74) is 9.63. The lowest BCUT2D eigenvalue weighted by Gasteiger charge is -2.21. The van der Waals surface area contributed by atoms with E-state index in [0.29, 0.717) is 6.04 Å². The summed E-state index contributed by atoms with van der Waals surface area (Å²) in [6, 6.07) is 6.57. The Bertz CT molecular complexity index is 591. The maximum atomic E-state index is 6.06. The van der Waals surface area contributed by atoms with Crippen molar-refractivity contribution < 1.29 is 0 Å². The quantitative estimate of drug-likeness (QED) is 0.872. The van der Waals surface area contributed by atoms with Gasteiger partial charge < -0.3 is 5.73 Å². The van der Waals surface area contributed by atoms with E-state index < -0.39 is 0 Å².